The van der Waals surface area contributed by atoms with Crippen molar-refractivity contribution < 1.29 is 9.59 Å². The van der Waals surface area contributed by atoms with Crippen molar-refractivity contribution in [3.8, 4) is 0 Å². The van der Waals surface area contributed by atoms with Gasteiger partial charge in [-0.1, -0.05) is 28.1 Å². The first kappa shape index (κ1) is 19.9. The first-order valence-electron chi connectivity index (χ1n) is 7.56. The lowest BCUT2D eigenvalue weighted by Crippen LogP contribution is -2.16. The summed E-state index contributed by atoms with van der Waals surface area (Å²) < 4.78 is 1.07. The average Bonchev–Trinajstić information content (AvgIpc) is 2.56. The van der Waals surface area contributed by atoms with Crippen molar-refractivity contribution in [2.45, 2.75) is 23.6 Å². The van der Waals surface area contributed by atoms with E-state index in [2.05, 4.69) is 33.4 Å². The maximum Gasteiger partial charge on any atom is 0.234 e. The van der Waals surface area contributed by atoms with Crippen molar-refractivity contribution in [2.75, 3.05) is 16.8 Å². The van der Waals surface area contributed by atoms with Gasteiger partial charge in [0.1, 0.15) is 0 Å². The molecule has 3 N–H and O–H groups in total. The number of para-hydroxylation sites is 1. The lowest BCUT2D eigenvalue weighted by Gasteiger charge is -2.11. The standard InChI is InChI=1S/C18H19BrN2O2S2/c1-11-8-16(12(2)7-13(11)19)25-10-18(23)21-14-5-3-4-6-15(14)24-9-17(20)22/h3-8H,9-10H2,1-2H3,(H2,20,22)(H,21,23). The summed E-state index contributed by atoms with van der Waals surface area (Å²) in [5.41, 5.74) is 8.16. The number of hydrogen-bond donors (Lipinski definition) is 2. The SMILES string of the molecule is Cc1cc(SCC(=O)Nc2ccccc2SCC(N)=O)c(C)cc1Br. The number of nitrogens with one attached hydrogen (secondary N) is 1. The number of benzene rings is 2. The van der Waals surface area contributed by atoms with E-state index >= 15 is 0 Å². The van der Waals surface area contributed by atoms with Crippen LogP contribution in [0, 0.1) is 13.8 Å². The van der Waals surface area contributed by atoms with E-state index in [0.29, 0.717) is 11.4 Å². The molecule has 132 valence electrons. The van der Waals surface area contributed by atoms with E-state index in [-0.39, 0.29) is 17.6 Å². The Labute approximate surface area is 164 Å². The summed E-state index contributed by atoms with van der Waals surface area (Å²) in [5, 5.41) is 2.91. The molecule has 0 spiro atoms. The number of aryl methyl sites for hydroxylation is 2. The Hall–Kier alpha value is -1.44. The quantitative estimate of drug-likeness (QED) is 0.629. The summed E-state index contributed by atoms with van der Waals surface area (Å²) in [6.07, 6.45) is 0. The van der Waals surface area contributed by atoms with E-state index in [9.17, 15) is 9.59 Å². The molecule has 0 unspecified atom stereocenters. The third-order valence-electron chi connectivity index (χ3n) is 3.35. The smallest absolute Gasteiger partial charge is 0.234 e. The van der Waals surface area contributed by atoms with Gasteiger partial charge in [0.05, 0.1) is 17.2 Å². The maximum absolute atomic E-state index is 12.3. The summed E-state index contributed by atoms with van der Waals surface area (Å²) >= 11 is 6.34. The van der Waals surface area contributed by atoms with Crippen LogP contribution in [0.25, 0.3) is 0 Å². The number of halogens is 1. The van der Waals surface area contributed by atoms with E-state index in [4.69, 9.17) is 5.73 Å². The van der Waals surface area contributed by atoms with Gasteiger partial charge >= 0.3 is 0 Å². The lowest BCUT2D eigenvalue weighted by atomic mass is 10.2. The van der Waals surface area contributed by atoms with Crippen LogP contribution >= 0.6 is 39.5 Å². The van der Waals surface area contributed by atoms with Crippen LogP contribution in [0.4, 0.5) is 5.69 Å². The molecule has 0 fully saturated rings. The molecule has 0 saturated carbocycles. The highest BCUT2D eigenvalue weighted by molar-refractivity contribution is 9.10. The summed E-state index contributed by atoms with van der Waals surface area (Å²) in [7, 11) is 0. The van der Waals surface area contributed by atoms with Crippen molar-refractivity contribution in [2.24, 2.45) is 5.73 Å². The van der Waals surface area contributed by atoms with E-state index in [0.717, 1.165) is 25.4 Å². The molecule has 7 heteroatoms. The van der Waals surface area contributed by atoms with Crippen LogP contribution in [0.15, 0.2) is 50.7 Å². The van der Waals surface area contributed by atoms with Crippen molar-refractivity contribution >= 4 is 57.0 Å². The van der Waals surface area contributed by atoms with E-state index < -0.39 is 0 Å². The molecule has 0 aliphatic heterocycles. The Bertz CT molecular complexity index is 797. The first-order valence-corrected chi connectivity index (χ1v) is 10.3. The molecule has 2 rings (SSSR count). The van der Waals surface area contributed by atoms with Gasteiger partial charge in [0.15, 0.2) is 0 Å². The Kier molecular flexibility index (Phi) is 7.40. The van der Waals surface area contributed by atoms with Crippen LogP contribution in [0.2, 0.25) is 0 Å². The van der Waals surface area contributed by atoms with Crippen LogP contribution in [-0.2, 0) is 9.59 Å². The fourth-order valence-electron chi connectivity index (χ4n) is 2.08. The molecule has 0 aliphatic rings. The zero-order valence-corrected chi connectivity index (χ0v) is 17.2. The minimum atomic E-state index is -0.386. The average molecular weight is 439 g/mol. The number of carbonyl (C=O) groups excluding carboxylic acids is 2. The number of thioether (sulfide) groups is 2. The minimum Gasteiger partial charge on any atom is -0.369 e. The van der Waals surface area contributed by atoms with Gasteiger partial charge in [0.25, 0.3) is 0 Å². The number of carbonyl (C=O) groups is 2. The predicted octanol–water partition coefficient (Wildman–Crippen LogP) is 4.37. The number of nitrogens with two attached hydrogens (primary N) is 1. The zero-order valence-electron chi connectivity index (χ0n) is 14.0. The molecule has 4 nitrogen and oxygen atoms in total. The first-order chi connectivity index (χ1) is 11.9. The normalized spacial score (nSPS) is 10.5. The van der Waals surface area contributed by atoms with Gasteiger partial charge in [0.2, 0.25) is 11.8 Å². The van der Waals surface area contributed by atoms with Gasteiger partial charge in [-0.15, -0.1) is 23.5 Å². The summed E-state index contributed by atoms with van der Waals surface area (Å²) in [4.78, 5) is 25.2. The number of rotatable bonds is 7. The molecule has 0 heterocycles. The maximum atomic E-state index is 12.3. The second-order valence-electron chi connectivity index (χ2n) is 5.45. The Morgan fingerprint density at radius 3 is 2.44 bits per heavy atom. The van der Waals surface area contributed by atoms with Gasteiger partial charge in [0, 0.05) is 14.3 Å². The third kappa shape index (κ3) is 6.09. The second kappa shape index (κ2) is 9.31. The van der Waals surface area contributed by atoms with Crippen molar-refractivity contribution in [1.29, 1.82) is 0 Å². The van der Waals surface area contributed by atoms with Crippen LogP contribution in [-0.4, -0.2) is 23.3 Å². The highest BCUT2D eigenvalue weighted by Gasteiger charge is 2.10. The molecule has 0 bridgehead atoms. The van der Waals surface area contributed by atoms with Gasteiger partial charge in [-0.25, -0.2) is 0 Å². The molecule has 2 aromatic carbocycles. The molecule has 2 aromatic rings. The van der Waals surface area contributed by atoms with Gasteiger partial charge < -0.3 is 11.1 Å². The summed E-state index contributed by atoms with van der Waals surface area (Å²) in [6, 6.07) is 11.5. The Balaban J connectivity index is 1.99. The summed E-state index contributed by atoms with van der Waals surface area (Å²) in [5.74, 6) is 0.0234. The van der Waals surface area contributed by atoms with Crippen LogP contribution in [0.3, 0.4) is 0 Å². The monoisotopic (exact) mass is 438 g/mol. The fourth-order valence-corrected chi connectivity index (χ4v) is 4.19. The highest BCUT2D eigenvalue weighted by atomic mass is 79.9. The highest BCUT2D eigenvalue weighted by Crippen LogP contribution is 2.30. The molecule has 0 radical (unpaired) electrons. The van der Waals surface area contributed by atoms with Crippen molar-refractivity contribution in [3.63, 3.8) is 0 Å². The number of primary amides is 1. The number of anilines is 1. The topological polar surface area (TPSA) is 72.2 Å². The molecule has 0 aliphatic carbocycles. The molecule has 2 amide bonds. The molecule has 0 saturated heterocycles. The molecule has 0 aromatic heterocycles. The van der Waals surface area contributed by atoms with Crippen molar-refractivity contribution in [3.05, 3.63) is 52.0 Å². The fraction of sp³-hybridized carbons (Fsp3) is 0.222. The molecule has 25 heavy (non-hydrogen) atoms. The van der Waals surface area contributed by atoms with E-state index in [1.165, 1.54) is 23.5 Å². The van der Waals surface area contributed by atoms with E-state index in [1.807, 2.05) is 38.1 Å². The van der Waals surface area contributed by atoms with Crippen LogP contribution in [0.5, 0.6) is 0 Å². The van der Waals surface area contributed by atoms with Crippen LogP contribution in [0.1, 0.15) is 11.1 Å². The van der Waals surface area contributed by atoms with Gasteiger partial charge in [-0.3, -0.25) is 9.59 Å². The molecular weight excluding hydrogens is 420 g/mol. The third-order valence-corrected chi connectivity index (χ3v) is 6.45. The van der Waals surface area contributed by atoms with Crippen LogP contribution < -0.4 is 11.1 Å². The van der Waals surface area contributed by atoms with Crippen molar-refractivity contribution in [1.82, 2.24) is 0 Å². The predicted molar refractivity (Wildman–Crippen MR) is 109 cm³/mol. The van der Waals surface area contributed by atoms with Gasteiger partial charge in [-0.2, -0.15) is 0 Å². The largest absolute Gasteiger partial charge is 0.369 e. The lowest BCUT2D eigenvalue weighted by molar-refractivity contribution is -0.115. The van der Waals surface area contributed by atoms with Gasteiger partial charge in [-0.05, 0) is 49.2 Å². The summed E-state index contributed by atoms with van der Waals surface area (Å²) in [6.45, 7) is 4.06. The minimum absolute atomic E-state index is 0.0860. The number of amides is 2. The number of hydrogen-bond acceptors (Lipinski definition) is 4. The molecular formula is C18H19BrN2O2S2. The second-order valence-corrected chi connectivity index (χ2v) is 8.34. The Morgan fingerprint density at radius 1 is 1.04 bits per heavy atom. The zero-order chi connectivity index (χ0) is 18.4. The Morgan fingerprint density at radius 2 is 1.72 bits per heavy atom. The van der Waals surface area contributed by atoms with E-state index in [1.54, 1.807) is 0 Å². The molecule has 0 atom stereocenters.